The molecule has 0 aliphatic carbocycles. The van der Waals surface area contributed by atoms with Crippen LogP contribution in [-0.4, -0.2) is 27.5 Å². The van der Waals surface area contributed by atoms with Crippen molar-refractivity contribution < 1.29 is 4.21 Å². The second kappa shape index (κ2) is 5.80. The number of rotatable bonds is 3. The fourth-order valence-corrected chi connectivity index (χ4v) is 3.70. The number of halogens is 1. The highest BCUT2D eigenvalue weighted by atomic mass is 35.5. The first-order chi connectivity index (χ1) is 6.36. The van der Waals surface area contributed by atoms with Crippen LogP contribution in [0.15, 0.2) is 11.7 Å². The molecule has 1 aromatic rings. The summed E-state index contributed by atoms with van der Waals surface area (Å²) in [5.41, 5.74) is 1.79. The lowest BCUT2D eigenvalue weighted by Crippen LogP contribution is -2.19. The van der Waals surface area contributed by atoms with Gasteiger partial charge in [0, 0.05) is 33.7 Å². The standard InChI is InChI=1S/C8H12N2OS2.ClH/c11-13(8-1-2-9-4-8)5-7-3-10-6-12-7;/h3,6,8-9H,1-2,4-5H2;1H/t8-,13+;/m0./s1. The van der Waals surface area contributed by atoms with Gasteiger partial charge in [0.2, 0.25) is 0 Å². The zero-order chi connectivity index (χ0) is 9.10. The monoisotopic (exact) mass is 252 g/mol. The number of nitrogens with zero attached hydrogens (tertiary/aromatic N) is 1. The van der Waals surface area contributed by atoms with Crippen molar-refractivity contribution in [1.29, 1.82) is 0 Å². The van der Waals surface area contributed by atoms with E-state index in [4.69, 9.17) is 0 Å². The first kappa shape index (κ1) is 12.1. The highest BCUT2D eigenvalue weighted by molar-refractivity contribution is 7.85. The van der Waals surface area contributed by atoms with Gasteiger partial charge in [0.05, 0.1) is 11.3 Å². The molecule has 0 aromatic carbocycles. The Morgan fingerprint density at radius 3 is 3.14 bits per heavy atom. The molecule has 2 atom stereocenters. The van der Waals surface area contributed by atoms with Crippen molar-refractivity contribution in [3.05, 3.63) is 16.6 Å². The molecule has 1 fully saturated rings. The van der Waals surface area contributed by atoms with Crippen LogP contribution in [0.1, 0.15) is 11.3 Å². The number of thiazole rings is 1. The fraction of sp³-hybridized carbons (Fsp3) is 0.625. The third kappa shape index (κ3) is 3.02. The van der Waals surface area contributed by atoms with Gasteiger partial charge in [0.1, 0.15) is 0 Å². The minimum Gasteiger partial charge on any atom is -0.315 e. The summed E-state index contributed by atoms with van der Waals surface area (Å²) in [4.78, 5) is 5.10. The number of hydrogen-bond donors (Lipinski definition) is 1. The van der Waals surface area contributed by atoms with Crippen LogP contribution in [-0.2, 0) is 16.6 Å². The van der Waals surface area contributed by atoms with Gasteiger partial charge in [0.15, 0.2) is 0 Å². The topological polar surface area (TPSA) is 42.0 Å². The number of aromatic nitrogens is 1. The van der Waals surface area contributed by atoms with E-state index in [0.717, 1.165) is 24.4 Å². The van der Waals surface area contributed by atoms with E-state index in [2.05, 4.69) is 10.3 Å². The molecule has 1 aliphatic heterocycles. The van der Waals surface area contributed by atoms with Crippen molar-refractivity contribution in [3.8, 4) is 0 Å². The zero-order valence-corrected chi connectivity index (χ0v) is 10.1. The third-order valence-corrected chi connectivity index (χ3v) is 4.86. The average molecular weight is 253 g/mol. The number of nitrogens with one attached hydrogen (secondary N) is 1. The van der Waals surface area contributed by atoms with E-state index in [1.165, 1.54) is 0 Å². The second-order valence-corrected chi connectivity index (χ2v) is 5.80. The van der Waals surface area contributed by atoms with Crippen LogP contribution in [0.5, 0.6) is 0 Å². The van der Waals surface area contributed by atoms with Crippen LogP contribution in [0.25, 0.3) is 0 Å². The maximum Gasteiger partial charge on any atom is 0.0794 e. The smallest absolute Gasteiger partial charge is 0.0794 e. The van der Waals surface area contributed by atoms with Crippen molar-refractivity contribution in [2.24, 2.45) is 0 Å². The minimum absolute atomic E-state index is 0. The van der Waals surface area contributed by atoms with Crippen LogP contribution in [0.3, 0.4) is 0 Å². The Hall–Kier alpha value is 0.0300. The van der Waals surface area contributed by atoms with Gasteiger partial charge in [0.25, 0.3) is 0 Å². The maximum atomic E-state index is 11.8. The molecule has 6 heteroatoms. The predicted octanol–water partition coefficient (Wildman–Crippen LogP) is 1.18. The minimum atomic E-state index is -0.717. The highest BCUT2D eigenvalue weighted by Gasteiger charge is 2.21. The summed E-state index contributed by atoms with van der Waals surface area (Å²) in [5, 5.41) is 3.58. The van der Waals surface area contributed by atoms with Crippen molar-refractivity contribution in [2.45, 2.75) is 17.4 Å². The molecular formula is C8H13ClN2OS2. The van der Waals surface area contributed by atoms with E-state index in [-0.39, 0.29) is 12.4 Å². The van der Waals surface area contributed by atoms with Crippen molar-refractivity contribution in [3.63, 3.8) is 0 Å². The van der Waals surface area contributed by atoms with E-state index in [0.29, 0.717) is 11.0 Å². The Morgan fingerprint density at radius 2 is 2.57 bits per heavy atom. The predicted molar refractivity (Wildman–Crippen MR) is 62.5 cm³/mol. The molecule has 2 heterocycles. The SMILES string of the molecule is Cl.O=[S@](Cc1cncs1)[C@H]1CCNC1. The Bertz CT molecular complexity index is 286. The van der Waals surface area contributed by atoms with Gasteiger partial charge >= 0.3 is 0 Å². The molecule has 1 N–H and O–H groups in total. The first-order valence-electron chi connectivity index (χ1n) is 4.31. The Labute approximate surface area is 96.2 Å². The second-order valence-electron chi connectivity index (χ2n) is 3.11. The molecule has 1 aliphatic rings. The van der Waals surface area contributed by atoms with Gasteiger partial charge in [-0.3, -0.25) is 9.19 Å². The molecule has 2 rings (SSSR count). The van der Waals surface area contributed by atoms with Gasteiger partial charge in [-0.15, -0.1) is 23.7 Å². The average Bonchev–Trinajstić information content (AvgIpc) is 2.74. The molecule has 14 heavy (non-hydrogen) atoms. The fourth-order valence-electron chi connectivity index (χ4n) is 1.42. The molecule has 3 nitrogen and oxygen atoms in total. The molecule has 0 saturated carbocycles. The Balaban J connectivity index is 0.000000980. The van der Waals surface area contributed by atoms with Crippen molar-refractivity contribution in [1.82, 2.24) is 10.3 Å². The molecular weight excluding hydrogens is 240 g/mol. The van der Waals surface area contributed by atoms with Gasteiger partial charge in [-0.2, -0.15) is 0 Å². The lowest BCUT2D eigenvalue weighted by molar-refractivity contribution is 0.672. The summed E-state index contributed by atoms with van der Waals surface area (Å²) in [6.07, 6.45) is 2.86. The van der Waals surface area contributed by atoms with Gasteiger partial charge in [-0.25, -0.2) is 0 Å². The lowest BCUT2D eigenvalue weighted by Gasteiger charge is -2.05. The first-order valence-corrected chi connectivity index (χ1v) is 6.57. The van der Waals surface area contributed by atoms with Crippen LogP contribution < -0.4 is 5.32 Å². The summed E-state index contributed by atoms with van der Waals surface area (Å²) in [6, 6.07) is 0. The molecule has 0 amide bonds. The highest BCUT2D eigenvalue weighted by Crippen LogP contribution is 2.14. The summed E-state index contributed by atoms with van der Waals surface area (Å²) in [5.74, 6) is 0.678. The van der Waals surface area contributed by atoms with E-state index >= 15 is 0 Å². The van der Waals surface area contributed by atoms with Crippen molar-refractivity contribution >= 4 is 34.5 Å². The molecule has 1 aromatic heterocycles. The Kier molecular flexibility index (Phi) is 5.01. The summed E-state index contributed by atoms with van der Waals surface area (Å²) in [6.45, 7) is 1.92. The van der Waals surface area contributed by atoms with Crippen LogP contribution in [0.2, 0.25) is 0 Å². The quantitative estimate of drug-likeness (QED) is 0.879. The van der Waals surface area contributed by atoms with Gasteiger partial charge < -0.3 is 5.32 Å². The van der Waals surface area contributed by atoms with E-state index < -0.39 is 10.8 Å². The van der Waals surface area contributed by atoms with Crippen LogP contribution in [0, 0.1) is 0 Å². The summed E-state index contributed by atoms with van der Waals surface area (Å²) >= 11 is 1.59. The lowest BCUT2D eigenvalue weighted by atomic mass is 10.4. The molecule has 1 saturated heterocycles. The van der Waals surface area contributed by atoms with Crippen LogP contribution >= 0.6 is 23.7 Å². The van der Waals surface area contributed by atoms with E-state index in [9.17, 15) is 4.21 Å². The number of hydrogen-bond acceptors (Lipinski definition) is 4. The van der Waals surface area contributed by atoms with Crippen molar-refractivity contribution in [2.75, 3.05) is 13.1 Å². The largest absolute Gasteiger partial charge is 0.315 e. The van der Waals surface area contributed by atoms with E-state index in [1.807, 2.05) is 6.20 Å². The Morgan fingerprint density at radius 1 is 1.71 bits per heavy atom. The van der Waals surface area contributed by atoms with E-state index in [1.54, 1.807) is 16.8 Å². The molecule has 0 radical (unpaired) electrons. The summed E-state index contributed by atoms with van der Waals surface area (Å²) < 4.78 is 11.8. The molecule has 0 unspecified atom stereocenters. The normalized spacial score (nSPS) is 23.0. The maximum absolute atomic E-state index is 11.8. The van der Waals surface area contributed by atoms with Gasteiger partial charge in [-0.05, 0) is 13.0 Å². The molecule has 80 valence electrons. The molecule has 0 bridgehead atoms. The third-order valence-electron chi connectivity index (χ3n) is 2.15. The summed E-state index contributed by atoms with van der Waals surface area (Å²) in [7, 11) is -0.717. The van der Waals surface area contributed by atoms with Gasteiger partial charge in [-0.1, -0.05) is 0 Å². The molecule has 0 spiro atoms. The zero-order valence-electron chi connectivity index (χ0n) is 7.64. The van der Waals surface area contributed by atoms with Crippen LogP contribution in [0.4, 0.5) is 0 Å².